The second-order valence-corrected chi connectivity index (χ2v) is 5.04. The SMILES string of the molecule is CN(C(=O)c1ccc(C#CCN)c(F)c1)C(C)(C)CO. The number of aliphatic hydroxyl groups is 1. The van der Waals surface area contributed by atoms with E-state index in [2.05, 4.69) is 11.8 Å². The molecule has 0 radical (unpaired) electrons. The molecule has 0 aliphatic heterocycles. The summed E-state index contributed by atoms with van der Waals surface area (Å²) in [7, 11) is 1.57. The first-order chi connectivity index (χ1) is 9.33. The largest absolute Gasteiger partial charge is 0.394 e. The Morgan fingerprint density at radius 1 is 1.50 bits per heavy atom. The highest BCUT2D eigenvalue weighted by Gasteiger charge is 2.27. The fourth-order valence-corrected chi connectivity index (χ4v) is 1.47. The Hall–Kier alpha value is -1.90. The lowest BCUT2D eigenvalue weighted by Crippen LogP contribution is -2.47. The minimum Gasteiger partial charge on any atom is -0.394 e. The van der Waals surface area contributed by atoms with Crippen LogP contribution in [0, 0.1) is 17.7 Å². The number of likely N-dealkylation sites (N-methyl/N-ethyl adjacent to an activating group) is 1. The van der Waals surface area contributed by atoms with Gasteiger partial charge in [0.05, 0.1) is 24.3 Å². The van der Waals surface area contributed by atoms with Crippen molar-refractivity contribution >= 4 is 5.91 Å². The Morgan fingerprint density at radius 3 is 2.65 bits per heavy atom. The average molecular weight is 278 g/mol. The van der Waals surface area contributed by atoms with Gasteiger partial charge in [0.15, 0.2) is 0 Å². The van der Waals surface area contributed by atoms with E-state index in [0.29, 0.717) is 0 Å². The maximum absolute atomic E-state index is 13.8. The predicted molar refractivity (Wildman–Crippen MR) is 75.6 cm³/mol. The lowest BCUT2D eigenvalue weighted by molar-refractivity contribution is 0.0473. The third kappa shape index (κ3) is 3.56. The lowest BCUT2D eigenvalue weighted by atomic mass is 10.0. The highest BCUT2D eigenvalue weighted by molar-refractivity contribution is 5.94. The van der Waals surface area contributed by atoms with E-state index in [0.717, 1.165) is 6.07 Å². The maximum atomic E-state index is 13.8. The number of benzene rings is 1. The molecule has 0 atom stereocenters. The predicted octanol–water partition coefficient (Wildman–Crippen LogP) is 0.979. The van der Waals surface area contributed by atoms with Crippen LogP contribution < -0.4 is 5.73 Å². The molecule has 1 aromatic rings. The van der Waals surface area contributed by atoms with Gasteiger partial charge in [-0.1, -0.05) is 11.8 Å². The number of carbonyl (C=O) groups is 1. The van der Waals surface area contributed by atoms with Crippen LogP contribution >= 0.6 is 0 Å². The zero-order valence-electron chi connectivity index (χ0n) is 11.9. The van der Waals surface area contributed by atoms with Crippen LogP contribution in [0.3, 0.4) is 0 Å². The van der Waals surface area contributed by atoms with Gasteiger partial charge < -0.3 is 15.7 Å². The molecule has 0 saturated heterocycles. The number of nitrogens with two attached hydrogens (primary N) is 1. The monoisotopic (exact) mass is 278 g/mol. The number of carbonyl (C=O) groups excluding carboxylic acids is 1. The van der Waals surface area contributed by atoms with Gasteiger partial charge in [0.25, 0.3) is 5.91 Å². The van der Waals surface area contributed by atoms with E-state index in [1.165, 1.54) is 17.0 Å². The molecule has 0 fully saturated rings. The molecule has 0 aliphatic rings. The van der Waals surface area contributed by atoms with Crippen LogP contribution in [0.2, 0.25) is 0 Å². The fourth-order valence-electron chi connectivity index (χ4n) is 1.47. The number of hydrogen-bond acceptors (Lipinski definition) is 3. The van der Waals surface area contributed by atoms with Crippen molar-refractivity contribution in [2.75, 3.05) is 20.2 Å². The Bertz CT molecular complexity index is 559. The number of nitrogens with zero attached hydrogens (tertiary/aromatic N) is 1. The van der Waals surface area contributed by atoms with Gasteiger partial charge in [-0.25, -0.2) is 4.39 Å². The summed E-state index contributed by atoms with van der Waals surface area (Å²) in [6, 6.07) is 4.10. The lowest BCUT2D eigenvalue weighted by Gasteiger charge is -2.34. The van der Waals surface area contributed by atoms with Gasteiger partial charge in [-0.3, -0.25) is 4.79 Å². The van der Waals surface area contributed by atoms with Crippen molar-refractivity contribution < 1.29 is 14.3 Å². The number of halogens is 1. The number of amides is 1. The molecular weight excluding hydrogens is 259 g/mol. The Morgan fingerprint density at radius 2 is 2.15 bits per heavy atom. The fraction of sp³-hybridized carbons (Fsp3) is 0.400. The Balaban J connectivity index is 3.04. The standard InChI is InChI=1S/C15H19FN2O2/c1-15(2,10-19)18(3)14(20)12-7-6-11(5-4-8-17)13(16)9-12/h6-7,9,19H,8,10,17H2,1-3H3. The molecule has 0 saturated carbocycles. The van der Waals surface area contributed by atoms with Crippen molar-refractivity contribution in [3.05, 3.63) is 35.1 Å². The van der Waals surface area contributed by atoms with Crippen molar-refractivity contribution in [2.24, 2.45) is 5.73 Å². The van der Waals surface area contributed by atoms with Crippen molar-refractivity contribution in [3.8, 4) is 11.8 Å². The van der Waals surface area contributed by atoms with Crippen molar-refractivity contribution in [1.82, 2.24) is 4.90 Å². The van der Waals surface area contributed by atoms with Crippen molar-refractivity contribution in [2.45, 2.75) is 19.4 Å². The van der Waals surface area contributed by atoms with Crippen LogP contribution in [0.15, 0.2) is 18.2 Å². The smallest absolute Gasteiger partial charge is 0.254 e. The normalized spacial score (nSPS) is 10.7. The molecule has 0 bridgehead atoms. The average Bonchev–Trinajstić information content (AvgIpc) is 2.44. The second kappa shape index (κ2) is 6.51. The van der Waals surface area contributed by atoms with E-state index in [9.17, 15) is 14.3 Å². The Labute approximate surface area is 118 Å². The summed E-state index contributed by atoms with van der Waals surface area (Å²) in [5.41, 5.74) is 4.93. The van der Waals surface area contributed by atoms with Crippen LogP contribution in [0.4, 0.5) is 4.39 Å². The highest BCUT2D eigenvalue weighted by atomic mass is 19.1. The van der Waals surface area contributed by atoms with Gasteiger partial charge in [0.1, 0.15) is 5.82 Å². The molecule has 4 nitrogen and oxygen atoms in total. The maximum Gasteiger partial charge on any atom is 0.254 e. The number of aliphatic hydroxyl groups excluding tert-OH is 1. The molecule has 1 aromatic carbocycles. The van der Waals surface area contributed by atoms with E-state index in [4.69, 9.17) is 5.73 Å². The Kier molecular flexibility index (Phi) is 5.26. The first kappa shape index (κ1) is 16.2. The van der Waals surface area contributed by atoms with Gasteiger partial charge >= 0.3 is 0 Å². The molecule has 20 heavy (non-hydrogen) atoms. The summed E-state index contributed by atoms with van der Waals surface area (Å²) in [6.07, 6.45) is 0. The van der Waals surface area contributed by atoms with Crippen molar-refractivity contribution in [1.29, 1.82) is 0 Å². The first-order valence-electron chi connectivity index (χ1n) is 6.21. The van der Waals surface area contributed by atoms with E-state index in [1.54, 1.807) is 20.9 Å². The van der Waals surface area contributed by atoms with E-state index >= 15 is 0 Å². The second-order valence-electron chi connectivity index (χ2n) is 5.04. The van der Waals surface area contributed by atoms with E-state index in [-0.39, 0.29) is 30.2 Å². The summed E-state index contributed by atoms with van der Waals surface area (Å²) in [5.74, 6) is 4.23. The third-order valence-corrected chi connectivity index (χ3v) is 3.14. The van der Waals surface area contributed by atoms with Crippen LogP contribution in [-0.4, -0.2) is 41.7 Å². The molecule has 0 unspecified atom stereocenters. The molecule has 3 N–H and O–H groups in total. The van der Waals surface area contributed by atoms with Gasteiger partial charge in [-0.15, -0.1) is 0 Å². The molecule has 0 aliphatic carbocycles. The summed E-state index contributed by atoms with van der Waals surface area (Å²) in [4.78, 5) is 13.6. The molecule has 1 rings (SSSR count). The van der Waals surface area contributed by atoms with E-state index in [1.807, 2.05) is 0 Å². The summed E-state index contributed by atoms with van der Waals surface area (Å²) >= 11 is 0. The van der Waals surface area contributed by atoms with Crippen LogP contribution in [-0.2, 0) is 0 Å². The van der Waals surface area contributed by atoms with Crippen LogP contribution in [0.25, 0.3) is 0 Å². The van der Waals surface area contributed by atoms with Crippen LogP contribution in [0.5, 0.6) is 0 Å². The van der Waals surface area contributed by atoms with E-state index < -0.39 is 11.4 Å². The molecular formula is C15H19FN2O2. The molecule has 0 aromatic heterocycles. The highest BCUT2D eigenvalue weighted by Crippen LogP contribution is 2.17. The van der Waals surface area contributed by atoms with Crippen LogP contribution in [0.1, 0.15) is 29.8 Å². The number of hydrogen-bond donors (Lipinski definition) is 2. The topological polar surface area (TPSA) is 66.6 Å². The van der Waals surface area contributed by atoms with Gasteiger partial charge in [0, 0.05) is 12.6 Å². The minimum atomic E-state index is -0.717. The van der Waals surface area contributed by atoms with Gasteiger partial charge in [0.2, 0.25) is 0 Å². The quantitative estimate of drug-likeness (QED) is 0.810. The number of rotatable bonds is 3. The zero-order chi connectivity index (χ0) is 15.3. The molecule has 108 valence electrons. The van der Waals surface area contributed by atoms with Crippen molar-refractivity contribution in [3.63, 3.8) is 0 Å². The van der Waals surface area contributed by atoms with Gasteiger partial charge in [-0.2, -0.15) is 0 Å². The summed E-state index contributed by atoms with van der Waals surface area (Å²) in [5, 5.41) is 9.26. The molecule has 5 heteroatoms. The summed E-state index contributed by atoms with van der Waals surface area (Å²) < 4.78 is 13.8. The first-order valence-corrected chi connectivity index (χ1v) is 6.21. The van der Waals surface area contributed by atoms with Gasteiger partial charge in [-0.05, 0) is 32.0 Å². The third-order valence-electron chi connectivity index (χ3n) is 3.14. The summed E-state index contributed by atoms with van der Waals surface area (Å²) in [6.45, 7) is 3.41. The molecule has 0 heterocycles. The molecule has 1 amide bonds. The minimum absolute atomic E-state index is 0.146. The molecule has 0 spiro atoms. The zero-order valence-corrected chi connectivity index (χ0v) is 11.9.